The van der Waals surface area contributed by atoms with Crippen molar-refractivity contribution < 1.29 is 14.4 Å². The topological polar surface area (TPSA) is 51.1 Å². The lowest BCUT2D eigenvalue weighted by Gasteiger charge is -2.27. The fraction of sp³-hybridized carbons (Fsp3) is 0.692. The van der Waals surface area contributed by atoms with E-state index >= 15 is 0 Å². The van der Waals surface area contributed by atoms with Crippen molar-refractivity contribution in [1.29, 1.82) is 0 Å². The Morgan fingerprint density at radius 2 is 2.21 bits per heavy atom. The number of hydrogen-bond acceptors (Lipinski definition) is 5. The molecule has 0 saturated heterocycles. The van der Waals surface area contributed by atoms with Gasteiger partial charge in [-0.25, -0.2) is 0 Å². The zero-order valence-electron chi connectivity index (χ0n) is 12.0. The van der Waals surface area contributed by atoms with Crippen molar-refractivity contribution in [3.63, 3.8) is 0 Å². The van der Waals surface area contributed by atoms with Gasteiger partial charge in [0.2, 0.25) is 0 Å². The fourth-order valence-electron chi connectivity index (χ4n) is 1.74. The number of halogens is 1. The predicted octanol–water partition coefficient (Wildman–Crippen LogP) is 2.01. The number of oxime groups is 1. The summed E-state index contributed by atoms with van der Waals surface area (Å²) < 4.78 is 5.30. The molecule has 0 radical (unpaired) electrons. The van der Waals surface area contributed by atoms with Gasteiger partial charge in [-0.3, -0.25) is 9.69 Å². The van der Waals surface area contributed by atoms with E-state index in [1.165, 1.54) is 7.11 Å². The Hall–Kier alpha value is -1.07. The van der Waals surface area contributed by atoms with Crippen molar-refractivity contribution in [1.82, 2.24) is 4.90 Å². The van der Waals surface area contributed by atoms with Gasteiger partial charge in [-0.15, -0.1) is 12.4 Å². The standard InChI is InChI=1S/C13H22N2O3.ClH/c1-13(2,3)18-12(16)10-15-7-5-6-11(9-15)8-14-17-4;/h6,8H,5,7,9-10H2,1-4H3;1H/b14-8+;. The quantitative estimate of drug-likeness (QED) is 0.451. The first-order valence-corrected chi connectivity index (χ1v) is 6.10. The summed E-state index contributed by atoms with van der Waals surface area (Å²) >= 11 is 0. The van der Waals surface area contributed by atoms with Crippen LogP contribution in [0, 0.1) is 0 Å². The number of carbonyl (C=O) groups is 1. The van der Waals surface area contributed by atoms with Gasteiger partial charge in [0, 0.05) is 13.1 Å². The normalized spacial score (nSPS) is 16.7. The molecule has 0 spiro atoms. The molecule has 6 heteroatoms. The number of nitrogens with zero attached hydrogens (tertiary/aromatic N) is 2. The van der Waals surface area contributed by atoms with E-state index < -0.39 is 5.60 Å². The Kier molecular flexibility index (Phi) is 7.71. The van der Waals surface area contributed by atoms with Crippen LogP contribution in [0.1, 0.15) is 27.2 Å². The average Bonchev–Trinajstić information content (AvgIpc) is 2.24. The Morgan fingerprint density at radius 1 is 1.53 bits per heavy atom. The van der Waals surface area contributed by atoms with E-state index in [0.29, 0.717) is 13.1 Å². The largest absolute Gasteiger partial charge is 0.459 e. The smallest absolute Gasteiger partial charge is 0.320 e. The van der Waals surface area contributed by atoms with Crippen LogP contribution in [0.15, 0.2) is 16.8 Å². The minimum Gasteiger partial charge on any atom is -0.459 e. The van der Waals surface area contributed by atoms with Crippen LogP contribution >= 0.6 is 12.4 Å². The minimum atomic E-state index is -0.428. The third kappa shape index (κ3) is 7.85. The Labute approximate surface area is 121 Å². The molecule has 0 saturated carbocycles. The lowest BCUT2D eigenvalue weighted by atomic mass is 10.1. The van der Waals surface area contributed by atoms with Crippen LogP contribution < -0.4 is 0 Å². The average molecular weight is 291 g/mol. The first-order valence-electron chi connectivity index (χ1n) is 6.10. The molecule has 0 amide bonds. The highest BCUT2D eigenvalue weighted by Crippen LogP contribution is 2.11. The van der Waals surface area contributed by atoms with Gasteiger partial charge in [0.05, 0.1) is 12.8 Å². The summed E-state index contributed by atoms with van der Waals surface area (Å²) in [5.41, 5.74) is 0.634. The molecule has 0 aromatic carbocycles. The zero-order chi connectivity index (χ0) is 13.6. The first kappa shape index (κ1) is 17.9. The number of ether oxygens (including phenoxy) is 1. The second-order valence-electron chi connectivity index (χ2n) is 5.28. The van der Waals surface area contributed by atoms with Crippen molar-refractivity contribution in [3.8, 4) is 0 Å². The SMILES string of the molecule is CO/N=C/C1=CCCN(CC(=O)OC(C)(C)C)C1.Cl. The summed E-state index contributed by atoms with van der Waals surface area (Å²) in [4.78, 5) is 18.4. The molecule has 0 bridgehead atoms. The van der Waals surface area contributed by atoms with Crippen LogP contribution in [0.5, 0.6) is 0 Å². The van der Waals surface area contributed by atoms with Crippen LogP contribution in [-0.4, -0.2) is 49.4 Å². The van der Waals surface area contributed by atoms with E-state index in [9.17, 15) is 4.79 Å². The van der Waals surface area contributed by atoms with Crippen LogP contribution in [0.4, 0.5) is 0 Å². The molecule has 0 unspecified atom stereocenters. The van der Waals surface area contributed by atoms with Crippen LogP contribution in [-0.2, 0) is 14.4 Å². The maximum absolute atomic E-state index is 11.7. The summed E-state index contributed by atoms with van der Waals surface area (Å²) in [6.45, 7) is 7.50. The minimum absolute atomic E-state index is 0. The van der Waals surface area contributed by atoms with E-state index in [4.69, 9.17) is 4.74 Å². The van der Waals surface area contributed by atoms with E-state index in [1.54, 1.807) is 6.21 Å². The number of hydrogen-bond donors (Lipinski definition) is 0. The Bertz CT molecular complexity index is 348. The number of rotatable bonds is 4. The molecular formula is C13H23ClN2O3. The number of esters is 1. The Balaban J connectivity index is 0.00000324. The van der Waals surface area contributed by atoms with Crippen molar-refractivity contribution in [3.05, 3.63) is 11.6 Å². The fourth-order valence-corrected chi connectivity index (χ4v) is 1.74. The zero-order valence-corrected chi connectivity index (χ0v) is 12.8. The van der Waals surface area contributed by atoms with Gasteiger partial charge < -0.3 is 9.57 Å². The predicted molar refractivity (Wildman–Crippen MR) is 77.7 cm³/mol. The molecule has 1 aliphatic rings. The van der Waals surface area contributed by atoms with Crippen molar-refractivity contribution in [2.75, 3.05) is 26.7 Å². The van der Waals surface area contributed by atoms with Crippen LogP contribution in [0.25, 0.3) is 0 Å². The summed E-state index contributed by atoms with van der Waals surface area (Å²) in [6.07, 6.45) is 4.70. The second-order valence-corrected chi connectivity index (χ2v) is 5.28. The van der Waals surface area contributed by atoms with Gasteiger partial charge in [0.15, 0.2) is 0 Å². The van der Waals surface area contributed by atoms with Gasteiger partial charge >= 0.3 is 5.97 Å². The van der Waals surface area contributed by atoms with Crippen molar-refractivity contribution in [2.24, 2.45) is 5.16 Å². The third-order valence-electron chi connectivity index (χ3n) is 2.35. The first-order chi connectivity index (χ1) is 8.40. The molecule has 1 heterocycles. The second kappa shape index (κ2) is 8.17. The highest BCUT2D eigenvalue weighted by atomic mass is 35.5. The highest BCUT2D eigenvalue weighted by molar-refractivity contribution is 5.85. The Morgan fingerprint density at radius 3 is 2.79 bits per heavy atom. The summed E-state index contributed by atoms with van der Waals surface area (Å²) in [6, 6.07) is 0. The van der Waals surface area contributed by atoms with E-state index in [0.717, 1.165) is 18.5 Å². The molecule has 1 aliphatic heterocycles. The lowest BCUT2D eigenvalue weighted by Crippen LogP contribution is -2.38. The number of carbonyl (C=O) groups excluding carboxylic acids is 1. The molecule has 0 aromatic heterocycles. The van der Waals surface area contributed by atoms with Crippen LogP contribution in [0.2, 0.25) is 0 Å². The molecule has 1 rings (SSSR count). The maximum atomic E-state index is 11.7. The molecule has 0 fully saturated rings. The molecular weight excluding hydrogens is 268 g/mol. The molecule has 19 heavy (non-hydrogen) atoms. The molecule has 5 nitrogen and oxygen atoms in total. The summed E-state index contributed by atoms with van der Waals surface area (Å²) in [7, 11) is 1.51. The molecule has 110 valence electrons. The van der Waals surface area contributed by atoms with Gasteiger partial charge in [-0.05, 0) is 32.8 Å². The molecule has 0 aliphatic carbocycles. The van der Waals surface area contributed by atoms with Gasteiger partial charge in [0.1, 0.15) is 12.7 Å². The van der Waals surface area contributed by atoms with E-state index in [2.05, 4.69) is 16.1 Å². The van der Waals surface area contributed by atoms with E-state index in [-0.39, 0.29) is 18.4 Å². The summed E-state index contributed by atoms with van der Waals surface area (Å²) in [5, 5.41) is 3.73. The summed E-state index contributed by atoms with van der Waals surface area (Å²) in [5.74, 6) is -0.188. The third-order valence-corrected chi connectivity index (χ3v) is 2.35. The van der Waals surface area contributed by atoms with Gasteiger partial charge in [-0.2, -0.15) is 0 Å². The van der Waals surface area contributed by atoms with Gasteiger partial charge in [-0.1, -0.05) is 11.2 Å². The molecule has 0 N–H and O–H groups in total. The lowest BCUT2D eigenvalue weighted by molar-refractivity contribution is -0.156. The maximum Gasteiger partial charge on any atom is 0.320 e. The molecule has 0 atom stereocenters. The van der Waals surface area contributed by atoms with E-state index in [1.807, 2.05) is 25.7 Å². The molecule has 0 aromatic rings. The van der Waals surface area contributed by atoms with Gasteiger partial charge in [0.25, 0.3) is 0 Å². The van der Waals surface area contributed by atoms with Crippen LogP contribution in [0.3, 0.4) is 0 Å². The monoisotopic (exact) mass is 290 g/mol. The highest BCUT2D eigenvalue weighted by Gasteiger charge is 2.20. The van der Waals surface area contributed by atoms with Crippen molar-refractivity contribution >= 4 is 24.6 Å². The van der Waals surface area contributed by atoms with Crippen molar-refractivity contribution in [2.45, 2.75) is 32.8 Å².